The highest BCUT2D eigenvalue weighted by atomic mass is 16.5. The number of nitrogens with zero attached hydrogens (tertiary/aromatic N) is 4. The number of aromatic amines is 1. The molecule has 1 atom stereocenters. The van der Waals surface area contributed by atoms with Crippen LogP contribution in [0.25, 0.3) is 22.3 Å². The summed E-state index contributed by atoms with van der Waals surface area (Å²) in [5.41, 5.74) is 6.46. The van der Waals surface area contributed by atoms with E-state index in [0.717, 1.165) is 52.2 Å². The van der Waals surface area contributed by atoms with Gasteiger partial charge in [-0.15, -0.1) is 0 Å². The SMILES string of the molecule is C=C(C(CN(C)C)=N/C(=C\C)Nc1cnc(-c2ccnc3[nH]ccc23)c2c1C(=O)NC2)[C@H]1CCOC1. The van der Waals surface area contributed by atoms with Crippen LogP contribution in [0.15, 0.2) is 59.8 Å². The van der Waals surface area contributed by atoms with Crippen LogP contribution in [0.1, 0.15) is 29.3 Å². The highest BCUT2D eigenvalue weighted by Gasteiger charge is 2.28. The molecule has 9 heteroatoms. The number of aliphatic imine (C=N–C) groups is 1. The number of aromatic nitrogens is 3. The summed E-state index contributed by atoms with van der Waals surface area (Å²) in [5.74, 6) is 0.777. The van der Waals surface area contributed by atoms with Crippen LogP contribution in [-0.4, -0.2) is 65.3 Å². The first-order valence-corrected chi connectivity index (χ1v) is 12.1. The molecule has 36 heavy (non-hydrogen) atoms. The van der Waals surface area contributed by atoms with E-state index in [1.54, 1.807) is 12.4 Å². The molecule has 2 aliphatic rings. The molecule has 1 fully saturated rings. The van der Waals surface area contributed by atoms with E-state index >= 15 is 0 Å². The van der Waals surface area contributed by atoms with E-state index in [2.05, 4.69) is 32.1 Å². The molecule has 1 amide bonds. The first-order chi connectivity index (χ1) is 17.5. The second-order valence-electron chi connectivity index (χ2n) is 9.34. The van der Waals surface area contributed by atoms with Gasteiger partial charge in [-0.1, -0.05) is 6.58 Å². The van der Waals surface area contributed by atoms with E-state index in [1.165, 1.54) is 0 Å². The molecule has 1 saturated heterocycles. The van der Waals surface area contributed by atoms with E-state index in [0.29, 0.717) is 36.8 Å². The van der Waals surface area contributed by atoms with Gasteiger partial charge in [-0.25, -0.2) is 9.98 Å². The number of rotatable bonds is 8. The van der Waals surface area contributed by atoms with Crippen LogP contribution in [0.4, 0.5) is 5.69 Å². The van der Waals surface area contributed by atoms with Gasteiger partial charge in [0.2, 0.25) is 0 Å². The number of ether oxygens (including phenoxy) is 1. The summed E-state index contributed by atoms with van der Waals surface area (Å²) in [6.07, 6.45) is 8.16. The van der Waals surface area contributed by atoms with Gasteiger partial charge in [0.05, 0.1) is 35.5 Å². The number of allylic oxidation sites excluding steroid dienone is 1. The molecule has 0 aliphatic carbocycles. The molecule has 0 saturated carbocycles. The Balaban J connectivity index is 1.50. The average Bonchev–Trinajstić information content (AvgIpc) is 3.64. The van der Waals surface area contributed by atoms with Crippen molar-refractivity contribution in [3.8, 4) is 11.3 Å². The molecule has 186 valence electrons. The smallest absolute Gasteiger partial charge is 0.254 e. The van der Waals surface area contributed by atoms with Gasteiger partial charge in [-0.05, 0) is 51.2 Å². The van der Waals surface area contributed by atoms with Gasteiger partial charge in [-0.3, -0.25) is 9.78 Å². The lowest BCUT2D eigenvalue weighted by Crippen LogP contribution is -2.26. The van der Waals surface area contributed by atoms with Gasteiger partial charge < -0.3 is 25.3 Å². The molecule has 5 heterocycles. The lowest BCUT2D eigenvalue weighted by molar-refractivity contribution is 0.0966. The zero-order chi connectivity index (χ0) is 25.2. The van der Waals surface area contributed by atoms with Crippen molar-refractivity contribution >= 4 is 28.3 Å². The van der Waals surface area contributed by atoms with Crippen molar-refractivity contribution in [2.45, 2.75) is 19.9 Å². The maximum atomic E-state index is 12.9. The van der Waals surface area contributed by atoms with Gasteiger partial charge in [0, 0.05) is 54.5 Å². The standard InChI is InChI=1S/C27H31N7O2/c1-5-23(33-22(14-34(3)4)16(2)17-8-11-36-15-17)32-21-13-30-25(20-12-31-27(35)24(20)21)18-6-9-28-26-19(18)7-10-29-26/h5-7,9-10,13,17,32H,2,8,11-12,14-15H2,1,3-4H3,(H,28,29)(H,31,35)/b23-5-,33-22?/t17-/m0/s1. The third-order valence-corrected chi connectivity index (χ3v) is 6.60. The lowest BCUT2D eigenvalue weighted by atomic mass is 9.95. The quantitative estimate of drug-likeness (QED) is 0.420. The number of hydrogen-bond acceptors (Lipinski definition) is 7. The van der Waals surface area contributed by atoms with Crippen molar-refractivity contribution in [3.05, 3.63) is 65.9 Å². The largest absolute Gasteiger partial charge is 0.381 e. The van der Waals surface area contributed by atoms with Crippen LogP contribution in [-0.2, 0) is 11.3 Å². The van der Waals surface area contributed by atoms with Crippen LogP contribution in [0.2, 0.25) is 0 Å². The van der Waals surface area contributed by atoms with Gasteiger partial charge in [0.25, 0.3) is 5.91 Å². The molecule has 0 bridgehead atoms. The number of fused-ring (bicyclic) bond motifs is 2. The molecular weight excluding hydrogens is 454 g/mol. The Morgan fingerprint density at radius 1 is 1.36 bits per heavy atom. The Bertz CT molecular complexity index is 1380. The summed E-state index contributed by atoms with van der Waals surface area (Å²) in [5, 5.41) is 7.29. The number of amides is 1. The van der Waals surface area contributed by atoms with E-state index in [9.17, 15) is 4.79 Å². The molecular formula is C27H31N7O2. The van der Waals surface area contributed by atoms with Crippen LogP contribution in [0, 0.1) is 5.92 Å². The second-order valence-corrected chi connectivity index (χ2v) is 9.34. The average molecular weight is 486 g/mol. The fraction of sp³-hybridized carbons (Fsp3) is 0.333. The van der Waals surface area contributed by atoms with Crippen molar-refractivity contribution < 1.29 is 9.53 Å². The minimum absolute atomic E-state index is 0.129. The number of carbonyl (C=O) groups excluding carboxylic acids is 1. The van der Waals surface area contributed by atoms with Crippen molar-refractivity contribution in [2.75, 3.05) is 39.2 Å². The Hall–Kier alpha value is -3.82. The minimum Gasteiger partial charge on any atom is -0.381 e. The van der Waals surface area contributed by atoms with E-state index in [-0.39, 0.29) is 11.8 Å². The predicted octanol–water partition coefficient (Wildman–Crippen LogP) is 3.74. The number of carbonyl (C=O) groups is 1. The second kappa shape index (κ2) is 10.0. The third kappa shape index (κ3) is 4.55. The van der Waals surface area contributed by atoms with Gasteiger partial charge in [0.1, 0.15) is 11.5 Å². The number of hydrogen-bond donors (Lipinski definition) is 3. The van der Waals surface area contributed by atoms with Crippen molar-refractivity contribution in [1.82, 2.24) is 25.2 Å². The summed E-state index contributed by atoms with van der Waals surface area (Å²) < 4.78 is 5.57. The van der Waals surface area contributed by atoms with E-state index in [1.807, 2.05) is 45.4 Å². The topological polar surface area (TPSA) is 108 Å². The molecule has 0 radical (unpaired) electrons. The van der Waals surface area contributed by atoms with E-state index < -0.39 is 0 Å². The Labute approximate surface area is 210 Å². The fourth-order valence-corrected chi connectivity index (χ4v) is 4.74. The van der Waals surface area contributed by atoms with Crippen LogP contribution in [0.3, 0.4) is 0 Å². The maximum Gasteiger partial charge on any atom is 0.254 e. The normalized spacial score (nSPS) is 18.1. The number of H-pyrrole nitrogens is 1. The third-order valence-electron chi connectivity index (χ3n) is 6.60. The molecule has 2 aliphatic heterocycles. The molecule has 3 aromatic heterocycles. The summed E-state index contributed by atoms with van der Waals surface area (Å²) in [6, 6.07) is 3.91. The van der Waals surface area contributed by atoms with Crippen molar-refractivity contribution in [1.29, 1.82) is 0 Å². The van der Waals surface area contributed by atoms with Gasteiger partial charge in [0.15, 0.2) is 0 Å². The Kier molecular flexibility index (Phi) is 6.67. The first-order valence-electron chi connectivity index (χ1n) is 12.1. The molecule has 0 spiro atoms. The molecule has 3 aromatic rings. The number of nitrogens with one attached hydrogen (secondary N) is 3. The Morgan fingerprint density at radius 2 is 2.22 bits per heavy atom. The maximum absolute atomic E-state index is 12.9. The van der Waals surface area contributed by atoms with Gasteiger partial charge in [-0.2, -0.15) is 0 Å². The summed E-state index contributed by atoms with van der Waals surface area (Å²) in [7, 11) is 4.02. The van der Waals surface area contributed by atoms with Crippen LogP contribution in [0.5, 0.6) is 0 Å². The summed E-state index contributed by atoms with van der Waals surface area (Å²) in [6.45, 7) is 8.75. The summed E-state index contributed by atoms with van der Waals surface area (Å²) in [4.78, 5) is 32.2. The zero-order valence-corrected chi connectivity index (χ0v) is 20.9. The monoisotopic (exact) mass is 485 g/mol. The molecule has 5 rings (SSSR count). The molecule has 3 N–H and O–H groups in total. The molecule has 9 nitrogen and oxygen atoms in total. The Morgan fingerprint density at radius 3 is 2.97 bits per heavy atom. The van der Waals surface area contributed by atoms with Crippen LogP contribution < -0.4 is 10.6 Å². The highest BCUT2D eigenvalue weighted by Crippen LogP contribution is 2.35. The molecule has 0 unspecified atom stereocenters. The number of anilines is 1. The van der Waals surface area contributed by atoms with Gasteiger partial charge >= 0.3 is 0 Å². The van der Waals surface area contributed by atoms with Crippen molar-refractivity contribution in [3.63, 3.8) is 0 Å². The highest BCUT2D eigenvalue weighted by molar-refractivity contribution is 6.07. The fourth-order valence-electron chi connectivity index (χ4n) is 4.74. The first kappa shape index (κ1) is 23.9. The van der Waals surface area contributed by atoms with Crippen molar-refractivity contribution in [2.24, 2.45) is 10.9 Å². The zero-order valence-electron chi connectivity index (χ0n) is 20.9. The lowest BCUT2D eigenvalue weighted by Gasteiger charge is -2.19. The van der Waals surface area contributed by atoms with E-state index in [4.69, 9.17) is 14.7 Å². The predicted molar refractivity (Wildman–Crippen MR) is 142 cm³/mol. The molecule has 0 aromatic carbocycles. The number of pyridine rings is 2. The van der Waals surface area contributed by atoms with Crippen LogP contribution >= 0.6 is 0 Å². The summed E-state index contributed by atoms with van der Waals surface area (Å²) >= 11 is 0. The minimum atomic E-state index is -0.129.